The molecule has 84 heavy (non-hydrogen) atoms. The molecule has 0 aliphatic carbocycles. The minimum absolute atomic E-state index is 0.433. The van der Waals surface area contributed by atoms with E-state index in [0.717, 1.165) is 110 Å². The molecule has 15 aromatic rings. The fraction of sp³-hybridized carbons (Fsp3) is 0.0267. The molecule has 11 aromatic carbocycles. The lowest BCUT2D eigenvalue weighted by molar-refractivity contribution is 0.129. The molecule has 0 amide bonds. The van der Waals surface area contributed by atoms with Gasteiger partial charge in [-0.15, -0.1) is 0 Å². The van der Waals surface area contributed by atoms with Crippen LogP contribution in [0, 0.1) is 0 Å². The lowest BCUT2D eigenvalue weighted by Crippen LogP contribution is -2.34. The number of nitrogens with zero attached hydrogens (tertiary/aromatic N) is 7. The van der Waals surface area contributed by atoms with Crippen molar-refractivity contribution in [2.24, 2.45) is 0 Å². The van der Waals surface area contributed by atoms with Gasteiger partial charge in [-0.25, -0.2) is 29.9 Å². The lowest BCUT2D eigenvalue weighted by Gasteiger charge is -2.38. The van der Waals surface area contributed by atoms with Gasteiger partial charge in [0.2, 0.25) is 0 Å². The van der Waals surface area contributed by atoms with Crippen molar-refractivity contribution in [2.75, 3.05) is 0 Å². The molecule has 394 valence electrons. The number of ether oxygens (including phenoxy) is 1. The van der Waals surface area contributed by atoms with Gasteiger partial charge < -0.3 is 9.15 Å². The fourth-order valence-electron chi connectivity index (χ4n) is 12.0. The lowest BCUT2D eigenvalue weighted by atomic mass is 9.80. The van der Waals surface area contributed by atoms with E-state index in [2.05, 4.69) is 206 Å². The highest BCUT2D eigenvalue weighted by Crippen LogP contribution is 2.52. The van der Waals surface area contributed by atoms with Crippen LogP contribution in [0.2, 0.25) is 0 Å². The Balaban J connectivity index is 0.993. The average Bonchev–Trinajstić information content (AvgIpc) is 1.57. The van der Waals surface area contributed by atoms with Crippen LogP contribution in [0.3, 0.4) is 0 Å². The summed E-state index contributed by atoms with van der Waals surface area (Å²) in [6.45, 7) is 2.16. The molecule has 1 aliphatic heterocycles. The number of aromatic nitrogens is 7. The van der Waals surface area contributed by atoms with E-state index in [1.165, 1.54) is 0 Å². The van der Waals surface area contributed by atoms with Crippen LogP contribution in [-0.4, -0.2) is 34.9 Å². The molecule has 0 spiro atoms. The van der Waals surface area contributed by atoms with Crippen LogP contribution in [0.5, 0.6) is 5.75 Å². The maximum atomic E-state index is 7.39. The number of furan rings is 1. The first-order valence-electron chi connectivity index (χ1n) is 28.0. The second kappa shape index (κ2) is 19.8. The van der Waals surface area contributed by atoms with Crippen molar-refractivity contribution in [3.8, 4) is 107 Å². The van der Waals surface area contributed by atoms with E-state index in [1.54, 1.807) is 6.20 Å². The SMILES string of the molecule is CC1(c2ccccc2)Oc2cc(-c3cc(-c4nc(-c5ccc6ccccc6c5)nc(-c5ccc6ccccc6c5)n4)c4oc5ccccc5c4c3-c3nc(-c4ccccc4)nc(-c4ccc(-c5cccnc5)cc4)n3)ccc2-c2ccccc21. The highest BCUT2D eigenvalue weighted by molar-refractivity contribution is 6.19. The topological polar surface area (TPSA) is 113 Å². The van der Waals surface area contributed by atoms with Gasteiger partial charge in [0, 0.05) is 62.1 Å². The molecular weight excluding hydrogens is 1030 g/mol. The van der Waals surface area contributed by atoms with E-state index in [0.29, 0.717) is 51.7 Å². The summed E-state index contributed by atoms with van der Waals surface area (Å²) >= 11 is 0. The maximum Gasteiger partial charge on any atom is 0.167 e. The minimum atomic E-state index is -0.814. The summed E-state index contributed by atoms with van der Waals surface area (Å²) in [6, 6.07) is 87.5. The van der Waals surface area contributed by atoms with Gasteiger partial charge in [-0.1, -0.05) is 218 Å². The number of fused-ring (bicyclic) bond motifs is 8. The van der Waals surface area contributed by atoms with E-state index in [9.17, 15) is 0 Å². The number of benzene rings is 11. The van der Waals surface area contributed by atoms with Gasteiger partial charge in [0.05, 0.1) is 5.56 Å². The first-order chi connectivity index (χ1) is 41.5. The van der Waals surface area contributed by atoms with Crippen LogP contribution >= 0.6 is 0 Å². The zero-order chi connectivity index (χ0) is 55.7. The maximum absolute atomic E-state index is 7.39. The molecule has 1 unspecified atom stereocenters. The van der Waals surface area contributed by atoms with E-state index in [4.69, 9.17) is 39.1 Å². The van der Waals surface area contributed by atoms with Gasteiger partial charge in [-0.05, 0) is 98.2 Å². The third kappa shape index (κ3) is 8.36. The summed E-state index contributed by atoms with van der Waals surface area (Å²) < 4.78 is 14.6. The second-order valence-corrected chi connectivity index (χ2v) is 21.3. The molecule has 0 saturated carbocycles. The number of hydrogen-bond donors (Lipinski definition) is 0. The molecule has 0 radical (unpaired) electrons. The van der Waals surface area contributed by atoms with Crippen LogP contribution in [0.1, 0.15) is 18.1 Å². The Hall–Kier alpha value is -11.3. The Bertz CT molecular complexity index is 4970. The van der Waals surface area contributed by atoms with Crippen LogP contribution in [0.4, 0.5) is 0 Å². The van der Waals surface area contributed by atoms with Gasteiger partial charge in [-0.3, -0.25) is 4.98 Å². The molecular formula is C75H47N7O2. The number of hydrogen-bond acceptors (Lipinski definition) is 9. The molecule has 1 atom stereocenters. The summed E-state index contributed by atoms with van der Waals surface area (Å²) in [6.07, 6.45) is 3.65. The Morgan fingerprint density at radius 1 is 0.345 bits per heavy atom. The Labute approximate surface area is 483 Å². The van der Waals surface area contributed by atoms with Crippen molar-refractivity contribution in [1.29, 1.82) is 0 Å². The number of para-hydroxylation sites is 1. The van der Waals surface area contributed by atoms with Crippen molar-refractivity contribution in [1.82, 2.24) is 34.9 Å². The van der Waals surface area contributed by atoms with Crippen LogP contribution in [0.25, 0.3) is 145 Å². The zero-order valence-corrected chi connectivity index (χ0v) is 45.4. The monoisotopic (exact) mass is 1080 g/mol. The largest absolute Gasteiger partial charge is 0.477 e. The van der Waals surface area contributed by atoms with Crippen LogP contribution in [0.15, 0.2) is 272 Å². The molecule has 9 heteroatoms. The molecule has 16 rings (SSSR count). The van der Waals surface area contributed by atoms with Crippen molar-refractivity contribution in [3.05, 3.63) is 278 Å². The molecule has 0 bridgehead atoms. The summed E-state index contributed by atoms with van der Waals surface area (Å²) in [4.78, 5) is 36.8. The molecule has 0 N–H and O–H groups in total. The standard InChI is InChI=1S/C75H47N7O2/c1-75(57-24-6-3-7-25-57)63-28-14-12-26-58(63)59-39-38-53(43-65(59)84-75)61-44-62(73-79-71(54-36-32-46-17-8-10-21-51(46)41-54)78-72(80-73)55-37-33-47-18-9-11-22-52(47)42-55)68-66(60-27-13-15-29-64(60)83-68)67(61)74-81-69(49-19-4-2-5-20-49)77-70(82-74)50-34-30-48(31-35-50)56-23-16-40-76-45-56/h2-45H,1H3. The summed E-state index contributed by atoms with van der Waals surface area (Å²) in [5, 5.41) is 6.05. The highest BCUT2D eigenvalue weighted by Gasteiger charge is 2.39. The van der Waals surface area contributed by atoms with Gasteiger partial charge in [0.15, 0.2) is 40.5 Å². The second-order valence-electron chi connectivity index (χ2n) is 21.3. The molecule has 5 heterocycles. The molecule has 4 aromatic heterocycles. The molecule has 0 fully saturated rings. The molecule has 0 saturated heterocycles. The Morgan fingerprint density at radius 2 is 0.881 bits per heavy atom. The summed E-state index contributed by atoms with van der Waals surface area (Å²) in [7, 11) is 0. The number of rotatable bonds is 9. The van der Waals surface area contributed by atoms with E-state index < -0.39 is 5.60 Å². The quantitative estimate of drug-likeness (QED) is 0.139. The van der Waals surface area contributed by atoms with Crippen molar-refractivity contribution in [2.45, 2.75) is 12.5 Å². The third-order valence-electron chi connectivity index (χ3n) is 16.2. The van der Waals surface area contributed by atoms with E-state index >= 15 is 0 Å². The van der Waals surface area contributed by atoms with Crippen molar-refractivity contribution >= 4 is 43.5 Å². The highest BCUT2D eigenvalue weighted by atomic mass is 16.5. The van der Waals surface area contributed by atoms with Crippen molar-refractivity contribution < 1.29 is 9.15 Å². The third-order valence-corrected chi connectivity index (χ3v) is 16.2. The summed E-state index contributed by atoms with van der Waals surface area (Å²) in [5.74, 6) is 3.69. The first kappa shape index (κ1) is 48.6. The predicted octanol–water partition coefficient (Wildman–Crippen LogP) is 18.3. The normalized spacial score (nSPS) is 13.7. The van der Waals surface area contributed by atoms with Crippen LogP contribution < -0.4 is 4.74 Å². The Kier molecular flexibility index (Phi) is 11.4. The van der Waals surface area contributed by atoms with Gasteiger partial charge in [-0.2, -0.15) is 0 Å². The zero-order valence-electron chi connectivity index (χ0n) is 45.4. The van der Waals surface area contributed by atoms with Gasteiger partial charge >= 0.3 is 0 Å². The van der Waals surface area contributed by atoms with E-state index in [1.807, 2.05) is 66.9 Å². The Morgan fingerprint density at radius 3 is 1.57 bits per heavy atom. The van der Waals surface area contributed by atoms with Crippen molar-refractivity contribution in [3.63, 3.8) is 0 Å². The smallest absolute Gasteiger partial charge is 0.167 e. The average molecular weight is 1080 g/mol. The minimum Gasteiger partial charge on any atom is -0.477 e. The van der Waals surface area contributed by atoms with E-state index in [-0.39, 0.29) is 0 Å². The van der Waals surface area contributed by atoms with Gasteiger partial charge in [0.1, 0.15) is 16.9 Å². The first-order valence-corrected chi connectivity index (χ1v) is 28.0. The van der Waals surface area contributed by atoms with Gasteiger partial charge in [0.25, 0.3) is 0 Å². The molecule has 9 nitrogen and oxygen atoms in total. The number of pyridine rings is 1. The predicted molar refractivity (Wildman–Crippen MR) is 336 cm³/mol. The molecule has 1 aliphatic rings. The van der Waals surface area contributed by atoms with Crippen LogP contribution in [-0.2, 0) is 5.60 Å². The summed E-state index contributed by atoms with van der Waals surface area (Å²) in [5.41, 5.74) is 13.1. The fourth-order valence-corrected chi connectivity index (χ4v) is 12.0.